The number of rotatable bonds is 8. The number of methoxy groups -OCH3 is 1. The fourth-order valence-corrected chi connectivity index (χ4v) is 1.41. The maximum atomic E-state index is 11.5. The van der Waals surface area contributed by atoms with Crippen LogP contribution in [0.5, 0.6) is 0 Å². The van der Waals surface area contributed by atoms with Gasteiger partial charge in [-0.05, 0) is 0 Å². The predicted octanol–water partition coefficient (Wildman–Crippen LogP) is -3.17. The van der Waals surface area contributed by atoms with E-state index in [1.165, 1.54) is 0 Å². The zero-order valence-corrected chi connectivity index (χ0v) is 13.2. The number of halogens is 1. The molecule has 0 aromatic carbocycles. The van der Waals surface area contributed by atoms with E-state index >= 15 is 0 Å². The van der Waals surface area contributed by atoms with Crippen LogP contribution in [0.2, 0.25) is 0 Å². The summed E-state index contributed by atoms with van der Waals surface area (Å²) in [6.45, 7) is 3.90. The fraction of sp³-hybridized carbons (Fsp3) is 0.667. The molecular formula is C12H21BrN2O4. The number of nitrogens with zero attached hydrogens (tertiary/aromatic N) is 2. The Hall–Kier alpha value is -0.920. The van der Waals surface area contributed by atoms with Gasteiger partial charge in [-0.25, -0.2) is 13.9 Å². The zero-order valence-electron chi connectivity index (χ0n) is 11.6. The number of aryl methyl sites for hydroxylation is 1. The molecule has 110 valence electrons. The molecule has 0 bridgehead atoms. The lowest BCUT2D eigenvalue weighted by molar-refractivity contribution is -0.677. The van der Waals surface area contributed by atoms with Crippen molar-refractivity contribution < 1.29 is 40.6 Å². The maximum absolute atomic E-state index is 11.5. The first-order valence-electron chi connectivity index (χ1n) is 5.89. The van der Waals surface area contributed by atoms with Gasteiger partial charge in [0.15, 0.2) is 6.54 Å². The van der Waals surface area contributed by atoms with Crippen molar-refractivity contribution in [2.45, 2.75) is 13.5 Å². The van der Waals surface area contributed by atoms with Crippen LogP contribution in [-0.4, -0.2) is 44.1 Å². The number of hydrogen-bond acceptors (Lipinski definition) is 4. The molecule has 0 spiro atoms. The normalized spacial score (nSPS) is 10.1. The van der Waals surface area contributed by atoms with Crippen molar-refractivity contribution in [3.8, 4) is 0 Å². The van der Waals surface area contributed by atoms with E-state index in [9.17, 15) is 4.79 Å². The molecule has 7 heteroatoms. The minimum Gasteiger partial charge on any atom is -1.00 e. The average Bonchev–Trinajstić information content (AvgIpc) is 2.65. The van der Waals surface area contributed by atoms with E-state index in [0.717, 1.165) is 5.82 Å². The maximum Gasteiger partial charge on any atom is 0.348 e. The standard InChI is InChI=1S/C12H21N2O4.BrH/c1-11-13(2)4-5-14(11)10-12(15)18-9-8-17-7-6-16-3;/h4-5H,6-10H2,1-3H3;1H/q+1;/p-1. The van der Waals surface area contributed by atoms with Gasteiger partial charge in [0.25, 0.3) is 5.82 Å². The van der Waals surface area contributed by atoms with Crippen LogP contribution in [0.15, 0.2) is 12.4 Å². The van der Waals surface area contributed by atoms with Crippen LogP contribution in [0, 0.1) is 6.92 Å². The summed E-state index contributed by atoms with van der Waals surface area (Å²) in [5.74, 6) is 0.743. The number of imidazole rings is 1. The molecule has 6 nitrogen and oxygen atoms in total. The summed E-state index contributed by atoms with van der Waals surface area (Å²) >= 11 is 0. The lowest BCUT2D eigenvalue weighted by atomic mass is 10.5. The largest absolute Gasteiger partial charge is 1.00 e. The number of carbonyl (C=O) groups excluding carboxylic acids is 1. The molecule has 0 unspecified atom stereocenters. The first-order chi connectivity index (χ1) is 8.65. The molecule has 0 radical (unpaired) electrons. The van der Waals surface area contributed by atoms with Gasteiger partial charge in [0.05, 0.1) is 26.9 Å². The Morgan fingerprint density at radius 1 is 1.32 bits per heavy atom. The Morgan fingerprint density at radius 2 is 2.00 bits per heavy atom. The molecule has 0 saturated carbocycles. The second-order valence-corrected chi connectivity index (χ2v) is 3.91. The van der Waals surface area contributed by atoms with Crippen molar-refractivity contribution in [2.75, 3.05) is 33.5 Å². The van der Waals surface area contributed by atoms with Gasteiger partial charge >= 0.3 is 5.97 Å². The molecule has 19 heavy (non-hydrogen) atoms. The highest BCUT2D eigenvalue weighted by Crippen LogP contribution is 1.94. The van der Waals surface area contributed by atoms with E-state index in [0.29, 0.717) is 19.8 Å². The molecule has 0 atom stereocenters. The summed E-state index contributed by atoms with van der Waals surface area (Å²) < 4.78 is 18.9. The number of ether oxygens (including phenoxy) is 3. The second kappa shape index (κ2) is 9.94. The fourth-order valence-electron chi connectivity index (χ4n) is 1.41. The molecule has 0 aliphatic heterocycles. The minimum atomic E-state index is -0.260. The Bertz CT molecular complexity index is 382. The third-order valence-electron chi connectivity index (χ3n) is 2.62. The number of carbonyl (C=O) groups is 1. The van der Waals surface area contributed by atoms with Crippen molar-refractivity contribution in [1.29, 1.82) is 0 Å². The molecule has 0 aliphatic rings. The van der Waals surface area contributed by atoms with Crippen LogP contribution < -0.4 is 21.5 Å². The molecule has 1 rings (SSSR count). The SMILES string of the molecule is COCCOCCOC(=O)Cn1cc[n+](C)c1C.[Br-]. The van der Waals surface area contributed by atoms with Crippen molar-refractivity contribution in [2.24, 2.45) is 7.05 Å². The highest BCUT2D eigenvalue weighted by molar-refractivity contribution is 5.69. The van der Waals surface area contributed by atoms with Gasteiger partial charge in [0, 0.05) is 14.0 Å². The lowest BCUT2D eigenvalue weighted by Crippen LogP contribution is -3.00. The summed E-state index contributed by atoms with van der Waals surface area (Å²) in [5.41, 5.74) is 0. The molecule has 0 amide bonds. The summed E-state index contributed by atoms with van der Waals surface area (Å²) in [5, 5.41) is 0. The van der Waals surface area contributed by atoms with Crippen LogP contribution in [0.3, 0.4) is 0 Å². The molecule has 0 saturated heterocycles. The van der Waals surface area contributed by atoms with Gasteiger partial charge in [0.1, 0.15) is 19.0 Å². The van der Waals surface area contributed by atoms with Gasteiger partial charge in [-0.2, -0.15) is 0 Å². The summed E-state index contributed by atoms with van der Waals surface area (Å²) in [6, 6.07) is 0. The molecule has 0 fully saturated rings. The van der Waals surface area contributed by atoms with Gasteiger partial charge in [-0.3, -0.25) is 0 Å². The van der Waals surface area contributed by atoms with Crippen molar-refractivity contribution in [1.82, 2.24) is 4.57 Å². The monoisotopic (exact) mass is 336 g/mol. The van der Waals surface area contributed by atoms with Gasteiger partial charge in [0.2, 0.25) is 0 Å². The number of hydrogen-bond donors (Lipinski definition) is 0. The lowest BCUT2D eigenvalue weighted by Gasteiger charge is -2.05. The van der Waals surface area contributed by atoms with Crippen LogP contribution in [0.1, 0.15) is 5.82 Å². The van der Waals surface area contributed by atoms with Gasteiger partial charge in [-0.1, -0.05) is 0 Å². The number of aromatic nitrogens is 2. The Balaban J connectivity index is 0.00000324. The molecule has 1 aromatic rings. The first-order valence-corrected chi connectivity index (χ1v) is 5.89. The minimum absolute atomic E-state index is 0. The van der Waals surface area contributed by atoms with E-state index in [1.54, 1.807) is 7.11 Å². The molecular weight excluding hydrogens is 316 g/mol. The Labute approximate surface area is 124 Å². The van der Waals surface area contributed by atoms with Crippen LogP contribution in [0.4, 0.5) is 0 Å². The van der Waals surface area contributed by atoms with Crippen LogP contribution >= 0.6 is 0 Å². The second-order valence-electron chi connectivity index (χ2n) is 3.91. The van der Waals surface area contributed by atoms with Crippen LogP contribution in [0.25, 0.3) is 0 Å². The summed E-state index contributed by atoms with van der Waals surface area (Å²) in [6.07, 6.45) is 3.75. The smallest absolute Gasteiger partial charge is 0.348 e. The van der Waals surface area contributed by atoms with Crippen molar-refractivity contribution in [3.63, 3.8) is 0 Å². The highest BCUT2D eigenvalue weighted by Gasteiger charge is 2.13. The topological polar surface area (TPSA) is 53.6 Å². The highest BCUT2D eigenvalue weighted by atomic mass is 79.9. The molecule has 1 heterocycles. The van der Waals surface area contributed by atoms with E-state index < -0.39 is 0 Å². The molecule has 0 N–H and O–H groups in total. The van der Waals surface area contributed by atoms with Crippen molar-refractivity contribution in [3.05, 3.63) is 18.2 Å². The van der Waals surface area contributed by atoms with Crippen LogP contribution in [-0.2, 0) is 32.6 Å². The van der Waals surface area contributed by atoms with E-state index in [1.807, 2.05) is 35.5 Å². The zero-order chi connectivity index (χ0) is 13.4. The third kappa shape index (κ3) is 6.70. The molecule has 0 aliphatic carbocycles. The average molecular weight is 337 g/mol. The summed E-state index contributed by atoms with van der Waals surface area (Å²) in [4.78, 5) is 11.5. The first kappa shape index (κ1) is 18.1. The Morgan fingerprint density at radius 3 is 2.58 bits per heavy atom. The number of esters is 1. The van der Waals surface area contributed by atoms with E-state index in [2.05, 4.69) is 0 Å². The van der Waals surface area contributed by atoms with Gasteiger partial charge < -0.3 is 31.2 Å². The Kier molecular flexibility index (Phi) is 9.46. The van der Waals surface area contributed by atoms with Crippen molar-refractivity contribution >= 4 is 5.97 Å². The van der Waals surface area contributed by atoms with E-state index in [4.69, 9.17) is 14.2 Å². The van der Waals surface area contributed by atoms with E-state index in [-0.39, 0.29) is 36.1 Å². The summed E-state index contributed by atoms with van der Waals surface area (Å²) in [7, 11) is 3.55. The molecule has 1 aromatic heterocycles. The quantitative estimate of drug-likeness (QED) is 0.285. The van der Waals surface area contributed by atoms with Gasteiger partial charge in [-0.15, -0.1) is 0 Å². The predicted molar refractivity (Wildman–Crippen MR) is 64.0 cm³/mol. The third-order valence-corrected chi connectivity index (χ3v) is 2.62.